The Hall–Kier alpha value is -1.70. The van der Waals surface area contributed by atoms with E-state index in [4.69, 9.17) is 4.74 Å². The van der Waals surface area contributed by atoms with Gasteiger partial charge in [-0.1, -0.05) is 23.8 Å². The third-order valence-electron chi connectivity index (χ3n) is 4.64. The minimum absolute atomic E-state index is 0.103. The number of rotatable bonds is 5. The first kappa shape index (κ1) is 18.1. The van der Waals surface area contributed by atoms with Gasteiger partial charge in [0.05, 0.1) is 11.0 Å². The van der Waals surface area contributed by atoms with Gasteiger partial charge in [0.25, 0.3) is 0 Å². The Labute approximate surface area is 148 Å². The van der Waals surface area contributed by atoms with Crippen LogP contribution < -0.4 is 5.32 Å². The van der Waals surface area contributed by atoms with Gasteiger partial charge in [-0.2, -0.15) is 4.31 Å². The Bertz CT molecular complexity index is 750. The molecule has 1 unspecified atom stereocenters. The molecular weight excluding hydrogens is 340 g/mol. The Morgan fingerprint density at radius 3 is 2.68 bits per heavy atom. The number of nitrogens with zero attached hydrogens (tertiary/aromatic N) is 1. The van der Waals surface area contributed by atoms with E-state index in [9.17, 15) is 13.2 Å². The topological polar surface area (TPSA) is 75.7 Å². The molecule has 1 atom stereocenters. The first-order chi connectivity index (χ1) is 12.0. The maximum atomic E-state index is 12.7. The van der Waals surface area contributed by atoms with Crippen LogP contribution in [0.25, 0.3) is 0 Å². The Morgan fingerprint density at radius 1 is 1.32 bits per heavy atom. The summed E-state index contributed by atoms with van der Waals surface area (Å²) in [7, 11) is -3.52. The van der Waals surface area contributed by atoms with E-state index in [1.165, 1.54) is 4.31 Å². The summed E-state index contributed by atoms with van der Waals surface area (Å²) in [5.41, 5.74) is 1.66. The summed E-state index contributed by atoms with van der Waals surface area (Å²) >= 11 is 0. The third-order valence-corrected chi connectivity index (χ3v) is 6.52. The minimum Gasteiger partial charge on any atom is -0.376 e. The molecule has 1 amide bonds. The number of benzene rings is 1. The highest BCUT2D eigenvalue weighted by atomic mass is 32.2. The van der Waals surface area contributed by atoms with Gasteiger partial charge in [0.2, 0.25) is 15.9 Å². The van der Waals surface area contributed by atoms with E-state index in [1.807, 2.05) is 6.92 Å². The number of carbonyl (C=O) groups excluding carboxylic acids is 1. The summed E-state index contributed by atoms with van der Waals surface area (Å²) in [4.78, 5) is 12.5. The lowest BCUT2D eigenvalue weighted by atomic mass is 10.1. The largest absolute Gasteiger partial charge is 0.376 e. The van der Waals surface area contributed by atoms with E-state index in [-0.39, 0.29) is 23.5 Å². The molecule has 1 aromatic carbocycles. The van der Waals surface area contributed by atoms with Crippen LogP contribution in [-0.4, -0.2) is 51.0 Å². The number of amides is 1. The molecule has 2 aliphatic rings. The molecule has 0 aliphatic carbocycles. The lowest BCUT2D eigenvalue weighted by Crippen LogP contribution is -2.39. The van der Waals surface area contributed by atoms with Crippen LogP contribution in [0.3, 0.4) is 0 Å². The van der Waals surface area contributed by atoms with E-state index < -0.39 is 10.0 Å². The van der Waals surface area contributed by atoms with E-state index in [0.717, 1.165) is 25.0 Å². The summed E-state index contributed by atoms with van der Waals surface area (Å²) in [6.07, 6.45) is 4.24. The van der Waals surface area contributed by atoms with Crippen molar-refractivity contribution in [2.24, 2.45) is 0 Å². The molecule has 6 nitrogen and oxygen atoms in total. The first-order valence-electron chi connectivity index (χ1n) is 8.62. The lowest BCUT2D eigenvalue weighted by Gasteiger charge is -2.25. The average Bonchev–Trinajstić information content (AvgIpc) is 3.14. The van der Waals surface area contributed by atoms with Crippen molar-refractivity contribution in [3.8, 4) is 0 Å². The molecule has 2 heterocycles. The number of ether oxygens (including phenoxy) is 1. The van der Waals surface area contributed by atoms with E-state index in [0.29, 0.717) is 25.1 Å². The van der Waals surface area contributed by atoms with Crippen molar-refractivity contribution in [1.82, 2.24) is 9.62 Å². The molecule has 1 aromatic rings. The number of hydrogen-bond acceptors (Lipinski definition) is 4. The van der Waals surface area contributed by atoms with E-state index in [2.05, 4.69) is 5.32 Å². The van der Waals surface area contributed by atoms with Gasteiger partial charge in [-0.3, -0.25) is 4.79 Å². The zero-order chi connectivity index (χ0) is 17.9. The predicted molar refractivity (Wildman–Crippen MR) is 94.6 cm³/mol. The van der Waals surface area contributed by atoms with Gasteiger partial charge in [0.15, 0.2) is 0 Å². The molecule has 1 N–H and O–H groups in total. The molecule has 0 aromatic heterocycles. The second kappa shape index (κ2) is 7.68. The molecule has 3 rings (SSSR count). The smallest absolute Gasteiger partial charge is 0.247 e. The monoisotopic (exact) mass is 364 g/mol. The Balaban J connectivity index is 1.59. The highest BCUT2D eigenvalue weighted by molar-refractivity contribution is 7.89. The fourth-order valence-corrected chi connectivity index (χ4v) is 4.44. The fourth-order valence-electron chi connectivity index (χ4n) is 3.06. The molecule has 0 bridgehead atoms. The summed E-state index contributed by atoms with van der Waals surface area (Å²) in [6.45, 7) is 3.73. The van der Waals surface area contributed by atoms with E-state index >= 15 is 0 Å². The van der Waals surface area contributed by atoms with Crippen LogP contribution in [0.2, 0.25) is 0 Å². The Kier molecular flexibility index (Phi) is 5.56. The third kappa shape index (κ3) is 4.29. The quantitative estimate of drug-likeness (QED) is 0.861. The van der Waals surface area contributed by atoms with Gasteiger partial charge in [-0.25, -0.2) is 8.42 Å². The average molecular weight is 364 g/mol. The molecule has 2 aliphatic heterocycles. The SMILES string of the molecule is Cc1ccc(S(=O)(=O)N2CC=C(C(=O)NCC3CCCO3)CC2)cc1. The Morgan fingerprint density at radius 2 is 2.08 bits per heavy atom. The van der Waals surface area contributed by atoms with Gasteiger partial charge in [0.1, 0.15) is 0 Å². The summed E-state index contributed by atoms with van der Waals surface area (Å²) < 4.78 is 32.2. The first-order valence-corrected chi connectivity index (χ1v) is 10.1. The summed E-state index contributed by atoms with van der Waals surface area (Å²) in [5.74, 6) is -0.122. The number of aryl methyl sites for hydroxylation is 1. The molecule has 136 valence electrons. The van der Waals surface area contributed by atoms with Gasteiger partial charge in [-0.15, -0.1) is 0 Å². The van der Waals surface area contributed by atoms with Crippen LogP contribution in [0.4, 0.5) is 0 Å². The highest BCUT2D eigenvalue weighted by Gasteiger charge is 2.27. The normalized spacial score (nSPS) is 21.8. The van der Waals surface area contributed by atoms with Crippen LogP contribution in [0.1, 0.15) is 24.8 Å². The van der Waals surface area contributed by atoms with Crippen LogP contribution in [-0.2, 0) is 19.6 Å². The molecule has 25 heavy (non-hydrogen) atoms. The lowest BCUT2D eigenvalue weighted by molar-refractivity contribution is -0.118. The van der Waals surface area contributed by atoms with E-state index in [1.54, 1.807) is 30.3 Å². The van der Waals surface area contributed by atoms with Gasteiger partial charge in [0, 0.05) is 31.8 Å². The number of nitrogens with one attached hydrogen (secondary N) is 1. The second-order valence-electron chi connectivity index (χ2n) is 6.50. The van der Waals surface area contributed by atoms with Crippen molar-refractivity contribution in [2.45, 2.75) is 37.2 Å². The van der Waals surface area contributed by atoms with Gasteiger partial charge in [-0.05, 0) is 38.3 Å². The fraction of sp³-hybridized carbons (Fsp3) is 0.500. The summed E-state index contributed by atoms with van der Waals surface area (Å²) in [6, 6.07) is 6.82. The highest BCUT2D eigenvalue weighted by Crippen LogP contribution is 2.21. The molecule has 0 radical (unpaired) electrons. The van der Waals surface area contributed by atoms with Crippen LogP contribution >= 0.6 is 0 Å². The van der Waals surface area contributed by atoms with Crippen LogP contribution in [0.5, 0.6) is 0 Å². The van der Waals surface area contributed by atoms with Crippen LogP contribution in [0.15, 0.2) is 40.8 Å². The van der Waals surface area contributed by atoms with Crippen molar-refractivity contribution in [2.75, 3.05) is 26.2 Å². The summed E-state index contributed by atoms with van der Waals surface area (Å²) in [5, 5.41) is 2.89. The van der Waals surface area contributed by atoms with Gasteiger partial charge < -0.3 is 10.1 Å². The zero-order valence-electron chi connectivity index (χ0n) is 14.4. The molecular formula is C18H24N2O4S. The van der Waals surface area contributed by atoms with Crippen LogP contribution in [0, 0.1) is 6.92 Å². The van der Waals surface area contributed by atoms with Crippen molar-refractivity contribution in [3.05, 3.63) is 41.5 Å². The number of hydrogen-bond donors (Lipinski definition) is 1. The minimum atomic E-state index is -3.52. The van der Waals surface area contributed by atoms with Crippen molar-refractivity contribution in [1.29, 1.82) is 0 Å². The molecule has 0 spiro atoms. The number of carbonyl (C=O) groups is 1. The predicted octanol–water partition coefficient (Wildman–Crippen LogP) is 1.61. The van der Waals surface area contributed by atoms with Gasteiger partial charge >= 0.3 is 0 Å². The zero-order valence-corrected chi connectivity index (χ0v) is 15.2. The van der Waals surface area contributed by atoms with Crippen molar-refractivity contribution < 1.29 is 17.9 Å². The maximum Gasteiger partial charge on any atom is 0.247 e. The van der Waals surface area contributed by atoms with Crippen molar-refractivity contribution in [3.63, 3.8) is 0 Å². The molecule has 7 heteroatoms. The molecule has 1 fully saturated rings. The number of sulfonamides is 1. The molecule has 1 saturated heterocycles. The van der Waals surface area contributed by atoms with Crippen molar-refractivity contribution >= 4 is 15.9 Å². The molecule has 0 saturated carbocycles. The second-order valence-corrected chi connectivity index (χ2v) is 8.44. The standard InChI is InChI=1S/C18H24N2O4S/c1-14-4-6-17(7-5-14)25(22,23)20-10-8-15(9-11-20)18(21)19-13-16-3-2-12-24-16/h4-8,16H,2-3,9-13H2,1H3,(H,19,21). The maximum absolute atomic E-state index is 12.7.